The summed E-state index contributed by atoms with van der Waals surface area (Å²) in [6, 6.07) is 2.52. The van der Waals surface area contributed by atoms with Gasteiger partial charge in [-0.25, -0.2) is 5.48 Å². The van der Waals surface area contributed by atoms with Gasteiger partial charge in [-0.15, -0.1) is 0 Å². The average Bonchev–Trinajstić information content (AvgIpc) is 2.59. The Morgan fingerprint density at radius 1 is 1.42 bits per heavy atom. The third-order valence-electron chi connectivity index (χ3n) is 6.47. The van der Waals surface area contributed by atoms with Gasteiger partial charge in [0, 0.05) is 30.9 Å². The number of aromatic nitrogens is 1. The predicted molar refractivity (Wildman–Crippen MR) is 89.8 cm³/mol. The highest BCUT2D eigenvalue weighted by Gasteiger charge is 2.46. The van der Waals surface area contributed by atoms with E-state index in [4.69, 9.17) is 5.21 Å². The number of hydrogen-bond acceptors (Lipinski definition) is 5. The molecule has 1 spiro atoms. The molecule has 1 aromatic rings. The molecule has 3 aliphatic rings. The molecule has 1 unspecified atom stereocenters. The first-order valence-electron chi connectivity index (χ1n) is 8.99. The van der Waals surface area contributed by atoms with Crippen molar-refractivity contribution in [2.75, 3.05) is 20.1 Å². The van der Waals surface area contributed by atoms with Gasteiger partial charge >= 0.3 is 0 Å². The molecule has 24 heavy (non-hydrogen) atoms. The lowest BCUT2D eigenvalue weighted by atomic mass is 9.68. The van der Waals surface area contributed by atoms with Gasteiger partial charge in [0.05, 0.1) is 11.3 Å². The SMILES string of the molecule is CN1CCC(N2CCc3cc(C(=O)NO)cnc3C2)CC12CCC2. The van der Waals surface area contributed by atoms with Crippen LogP contribution in [-0.4, -0.2) is 57.6 Å². The van der Waals surface area contributed by atoms with Crippen molar-refractivity contribution in [3.05, 3.63) is 29.1 Å². The van der Waals surface area contributed by atoms with Crippen LogP contribution in [-0.2, 0) is 13.0 Å². The molecule has 0 aromatic carbocycles. The highest BCUT2D eigenvalue weighted by molar-refractivity contribution is 5.93. The molecule has 2 fully saturated rings. The topological polar surface area (TPSA) is 68.7 Å². The van der Waals surface area contributed by atoms with Gasteiger partial charge in [0.25, 0.3) is 5.91 Å². The fourth-order valence-electron chi connectivity index (χ4n) is 4.69. The molecular formula is C18H26N4O2. The number of likely N-dealkylation sites (tertiary alicyclic amines) is 1. The van der Waals surface area contributed by atoms with Crippen LogP contribution < -0.4 is 5.48 Å². The number of fused-ring (bicyclic) bond motifs is 1. The second kappa shape index (κ2) is 6.10. The highest BCUT2D eigenvalue weighted by atomic mass is 16.5. The molecule has 2 N–H and O–H groups in total. The number of rotatable bonds is 2. The number of carbonyl (C=O) groups excluding carboxylic acids is 1. The maximum absolute atomic E-state index is 11.5. The van der Waals surface area contributed by atoms with E-state index in [1.54, 1.807) is 11.7 Å². The molecule has 1 saturated carbocycles. The number of pyridine rings is 1. The molecule has 130 valence electrons. The van der Waals surface area contributed by atoms with Crippen LogP contribution >= 0.6 is 0 Å². The first-order valence-corrected chi connectivity index (χ1v) is 8.99. The molecule has 6 nitrogen and oxygen atoms in total. The van der Waals surface area contributed by atoms with Gasteiger partial charge in [-0.2, -0.15) is 0 Å². The van der Waals surface area contributed by atoms with Crippen molar-refractivity contribution in [2.45, 2.75) is 56.7 Å². The minimum atomic E-state index is -0.491. The quantitative estimate of drug-likeness (QED) is 0.636. The van der Waals surface area contributed by atoms with Gasteiger partial charge < -0.3 is 4.90 Å². The van der Waals surface area contributed by atoms with Crippen LogP contribution in [0.2, 0.25) is 0 Å². The second-order valence-electron chi connectivity index (χ2n) is 7.64. The third-order valence-corrected chi connectivity index (χ3v) is 6.47. The maximum Gasteiger partial charge on any atom is 0.276 e. The minimum Gasteiger partial charge on any atom is -0.301 e. The Labute approximate surface area is 142 Å². The van der Waals surface area contributed by atoms with Crippen molar-refractivity contribution in [1.82, 2.24) is 20.3 Å². The fourth-order valence-corrected chi connectivity index (χ4v) is 4.69. The molecule has 2 aliphatic heterocycles. The monoisotopic (exact) mass is 330 g/mol. The van der Waals surface area contributed by atoms with Crippen molar-refractivity contribution >= 4 is 5.91 Å². The Kier molecular flexibility index (Phi) is 4.06. The maximum atomic E-state index is 11.5. The summed E-state index contributed by atoms with van der Waals surface area (Å²) in [5.41, 5.74) is 4.79. The smallest absolute Gasteiger partial charge is 0.276 e. The summed E-state index contributed by atoms with van der Waals surface area (Å²) in [6.07, 6.45) is 9.08. The van der Waals surface area contributed by atoms with Gasteiger partial charge in [-0.05, 0) is 63.7 Å². The summed E-state index contributed by atoms with van der Waals surface area (Å²) in [6.45, 7) is 3.10. The van der Waals surface area contributed by atoms with Crippen LogP contribution in [0.5, 0.6) is 0 Å². The second-order valence-corrected chi connectivity index (χ2v) is 7.64. The van der Waals surface area contributed by atoms with E-state index < -0.39 is 5.91 Å². The van der Waals surface area contributed by atoms with Gasteiger partial charge in [0.2, 0.25) is 0 Å². The van der Waals surface area contributed by atoms with E-state index in [-0.39, 0.29) is 0 Å². The van der Waals surface area contributed by atoms with Crippen LogP contribution in [0, 0.1) is 0 Å². The van der Waals surface area contributed by atoms with Crippen molar-refractivity contribution in [2.24, 2.45) is 0 Å². The molecule has 4 rings (SSSR count). The van der Waals surface area contributed by atoms with E-state index >= 15 is 0 Å². The summed E-state index contributed by atoms with van der Waals surface area (Å²) in [5, 5.41) is 8.76. The van der Waals surface area contributed by atoms with Gasteiger partial charge in [0.1, 0.15) is 0 Å². The van der Waals surface area contributed by atoms with Crippen molar-refractivity contribution < 1.29 is 10.0 Å². The summed E-state index contributed by atoms with van der Waals surface area (Å²) in [4.78, 5) is 21.2. The lowest BCUT2D eigenvalue weighted by molar-refractivity contribution is -0.0387. The summed E-state index contributed by atoms with van der Waals surface area (Å²) < 4.78 is 0. The summed E-state index contributed by atoms with van der Waals surface area (Å²) >= 11 is 0. The van der Waals surface area contributed by atoms with Crippen molar-refractivity contribution in [3.8, 4) is 0 Å². The number of nitrogens with zero attached hydrogens (tertiary/aromatic N) is 3. The first kappa shape index (κ1) is 16.0. The van der Waals surface area contributed by atoms with E-state index in [0.717, 1.165) is 30.8 Å². The highest BCUT2D eigenvalue weighted by Crippen LogP contribution is 2.45. The van der Waals surface area contributed by atoms with Gasteiger partial charge in [-0.3, -0.25) is 19.9 Å². The number of piperidine rings is 1. The van der Waals surface area contributed by atoms with Crippen LogP contribution in [0.15, 0.2) is 12.3 Å². The van der Waals surface area contributed by atoms with Crippen molar-refractivity contribution in [3.63, 3.8) is 0 Å². The van der Waals surface area contributed by atoms with Crippen LogP contribution in [0.25, 0.3) is 0 Å². The largest absolute Gasteiger partial charge is 0.301 e. The van der Waals surface area contributed by atoms with E-state index in [2.05, 4.69) is 21.8 Å². The Morgan fingerprint density at radius 2 is 2.25 bits per heavy atom. The standard InChI is InChI=1S/C18H26N4O2/c1-21-7-4-15(10-18(21)5-2-6-18)22-8-3-13-9-14(17(23)20-24)11-19-16(13)12-22/h9,11,15,24H,2-8,10,12H2,1H3,(H,20,23). The van der Waals surface area contributed by atoms with E-state index in [9.17, 15) is 4.79 Å². The lowest BCUT2D eigenvalue weighted by Gasteiger charge is -2.56. The molecule has 0 bridgehead atoms. The van der Waals surface area contributed by atoms with E-state index in [1.165, 1.54) is 38.6 Å². The van der Waals surface area contributed by atoms with Crippen LogP contribution in [0.4, 0.5) is 0 Å². The van der Waals surface area contributed by atoms with Gasteiger partial charge in [0.15, 0.2) is 0 Å². The average molecular weight is 330 g/mol. The fraction of sp³-hybridized carbons (Fsp3) is 0.667. The zero-order chi connectivity index (χ0) is 16.7. The molecule has 1 atom stereocenters. The number of hydroxylamine groups is 1. The number of hydrogen-bond donors (Lipinski definition) is 2. The minimum absolute atomic E-state index is 0.428. The zero-order valence-corrected chi connectivity index (χ0v) is 14.3. The predicted octanol–water partition coefficient (Wildman–Crippen LogP) is 1.58. The number of carbonyl (C=O) groups is 1. The number of amides is 1. The molecule has 1 aromatic heterocycles. The molecule has 0 radical (unpaired) electrons. The molecule has 3 heterocycles. The van der Waals surface area contributed by atoms with Gasteiger partial charge in [-0.1, -0.05) is 0 Å². The molecule has 1 saturated heterocycles. The van der Waals surface area contributed by atoms with E-state index in [1.807, 2.05) is 6.07 Å². The molecule has 6 heteroatoms. The third kappa shape index (κ3) is 2.62. The number of nitrogens with one attached hydrogen (secondary N) is 1. The molecule has 1 amide bonds. The summed E-state index contributed by atoms with van der Waals surface area (Å²) in [5.74, 6) is -0.491. The molecule has 1 aliphatic carbocycles. The van der Waals surface area contributed by atoms with Crippen LogP contribution in [0.3, 0.4) is 0 Å². The Hall–Kier alpha value is -1.50. The normalized spacial score (nSPS) is 26.7. The zero-order valence-electron chi connectivity index (χ0n) is 14.3. The van der Waals surface area contributed by atoms with Crippen LogP contribution in [0.1, 0.15) is 53.7 Å². The summed E-state index contributed by atoms with van der Waals surface area (Å²) in [7, 11) is 2.29. The Bertz CT molecular complexity index is 644. The lowest BCUT2D eigenvalue weighted by Crippen LogP contribution is -2.60. The Morgan fingerprint density at radius 3 is 2.96 bits per heavy atom. The Balaban J connectivity index is 1.47. The van der Waals surface area contributed by atoms with E-state index in [0.29, 0.717) is 17.1 Å². The van der Waals surface area contributed by atoms with Crippen molar-refractivity contribution in [1.29, 1.82) is 0 Å². The molecular weight excluding hydrogens is 304 g/mol. The first-order chi connectivity index (χ1) is 11.6.